The lowest BCUT2D eigenvalue weighted by Gasteiger charge is -2.21. The molecule has 0 aliphatic carbocycles. The van der Waals surface area contributed by atoms with Gasteiger partial charge in [0.25, 0.3) is 0 Å². The molecule has 1 N–H and O–H groups in total. The highest BCUT2D eigenvalue weighted by molar-refractivity contribution is 8.38. The third-order valence-corrected chi connectivity index (χ3v) is 4.32. The van der Waals surface area contributed by atoms with E-state index in [4.69, 9.17) is 18.9 Å². The third kappa shape index (κ3) is 10.2. The quantitative estimate of drug-likeness (QED) is 0.388. The van der Waals surface area contributed by atoms with Crippen LogP contribution in [0.1, 0.15) is 0 Å². The topological polar surface area (TPSA) is 100 Å². The lowest BCUT2D eigenvalue weighted by Crippen LogP contribution is -2.33. The molecule has 23 heavy (non-hydrogen) atoms. The molecule has 1 aliphatic heterocycles. The number of carbonyl (C=O) groups excluding carboxylic acids is 3. The van der Waals surface area contributed by atoms with Gasteiger partial charge in [-0.25, -0.2) is 4.79 Å². The maximum absolute atomic E-state index is 11.5. The van der Waals surface area contributed by atoms with Crippen molar-refractivity contribution in [2.24, 2.45) is 0 Å². The van der Waals surface area contributed by atoms with Crippen LogP contribution >= 0.6 is 23.5 Å². The molecule has 0 saturated carbocycles. The Balaban J connectivity index is 1.96. The average Bonchev–Trinajstić information content (AvgIpc) is 2.56. The number of amides is 1. The first-order chi connectivity index (χ1) is 11.1. The Labute approximate surface area is 142 Å². The maximum atomic E-state index is 11.5. The van der Waals surface area contributed by atoms with Crippen LogP contribution in [0.4, 0.5) is 9.59 Å². The lowest BCUT2D eigenvalue weighted by atomic mass is 10.4. The van der Waals surface area contributed by atoms with Gasteiger partial charge in [-0.05, 0) is 6.08 Å². The zero-order valence-electron chi connectivity index (χ0n) is 12.5. The van der Waals surface area contributed by atoms with Gasteiger partial charge in [-0.15, -0.1) is 0 Å². The molecule has 0 atom stereocenters. The molecule has 0 unspecified atom stereocenters. The summed E-state index contributed by atoms with van der Waals surface area (Å²) in [5.41, 5.74) is 0. The summed E-state index contributed by atoms with van der Waals surface area (Å²) in [7, 11) is 0. The van der Waals surface area contributed by atoms with E-state index in [1.54, 1.807) is 0 Å². The minimum atomic E-state index is -0.808. The van der Waals surface area contributed by atoms with Crippen LogP contribution in [-0.4, -0.2) is 67.3 Å². The van der Waals surface area contributed by atoms with Gasteiger partial charge >= 0.3 is 6.16 Å². The first-order valence-electron chi connectivity index (χ1n) is 6.80. The number of carbonyl (C=O) groups is 3. The third-order valence-electron chi connectivity index (χ3n) is 2.37. The molecule has 1 saturated heterocycles. The van der Waals surface area contributed by atoms with Crippen molar-refractivity contribution < 1.29 is 33.3 Å². The monoisotopic (exact) mass is 365 g/mol. The van der Waals surface area contributed by atoms with Crippen molar-refractivity contribution in [3.8, 4) is 0 Å². The molecule has 0 aromatic carbocycles. The molecule has 0 aromatic heterocycles. The van der Waals surface area contributed by atoms with Gasteiger partial charge in [-0.1, -0.05) is 30.1 Å². The Morgan fingerprint density at radius 1 is 1.22 bits per heavy atom. The van der Waals surface area contributed by atoms with Crippen LogP contribution in [0.5, 0.6) is 0 Å². The molecule has 0 bridgehead atoms. The number of thioether (sulfide) groups is 2. The molecule has 1 fully saturated rings. The maximum Gasteiger partial charge on any atom is 0.508 e. The Morgan fingerprint density at radius 3 is 2.61 bits per heavy atom. The first kappa shape index (κ1) is 19.8. The summed E-state index contributed by atoms with van der Waals surface area (Å²) in [4.78, 5) is 33.7. The molecule has 0 spiro atoms. The fraction of sp³-hybridized carbons (Fsp3) is 0.615. The summed E-state index contributed by atoms with van der Waals surface area (Å²) in [5.74, 6) is 0.527. The molecule has 130 valence electrons. The molecule has 10 heteroatoms. The van der Waals surface area contributed by atoms with Crippen molar-refractivity contribution >= 4 is 40.0 Å². The summed E-state index contributed by atoms with van der Waals surface area (Å²) >= 11 is 2.12. The van der Waals surface area contributed by atoms with Crippen LogP contribution in [0.3, 0.4) is 0 Å². The van der Waals surface area contributed by atoms with Crippen molar-refractivity contribution in [1.29, 1.82) is 0 Å². The SMILES string of the molecule is C=CC(=O)NCCSC(=O)SCCOC(=O)OC1COCOC1. The van der Waals surface area contributed by atoms with E-state index in [0.717, 1.165) is 23.5 Å². The van der Waals surface area contributed by atoms with E-state index in [0.29, 0.717) is 18.1 Å². The number of rotatable bonds is 8. The van der Waals surface area contributed by atoms with Crippen molar-refractivity contribution in [2.45, 2.75) is 6.10 Å². The Morgan fingerprint density at radius 2 is 1.91 bits per heavy atom. The first-order valence-corrected chi connectivity index (χ1v) is 8.77. The van der Waals surface area contributed by atoms with Crippen LogP contribution in [0.25, 0.3) is 0 Å². The highest BCUT2D eigenvalue weighted by Crippen LogP contribution is 2.16. The van der Waals surface area contributed by atoms with Gasteiger partial charge < -0.3 is 24.3 Å². The van der Waals surface area contributed by atoms with Crippen molar-refractivity contribution in [2.75, 3.05) is 44.7 Å². The van der Waals surface area contributed by atoms with Crippen molar-refractivity contribution in [1.82, 2.24) is 5.32 Å². The van der Waals surface area contributed by atoms with Gasteiger partial charge in [0.05, 0.1) is 13.2 Å². The zero-order valence-corrected chi connectivity index (χ0v) is 14.1. The molecular weight excluding hydrogens is 346 g/mol. The number of ether oxygens (including phenoxy) is 4. The van der Waals surface area contributed by atoms with Crippen LogP contribution < -0.4 is 5.32 Å². The fourth-order valence-corrected chi connectivity index (χ4v) is 2.91. The second-order valence-corrected chi connectivity index (χ2v) is 6.53. The van der Waals surface area contributed by atoms with Crippen LogP contribution in [-0.2, 0) is 23.7 Å². The molecule has 0 radical (unpaired) electrons. The van der Waals surface area contributed by atoms with E-state index in [1.807, 2.05) is 0 Å². The van der Waals surface area contributed by atoms with Crippen LogP contribution in [0, 0.1) is 0 Å². The fourth-order valence-electron chi connectivity index (χ4n) is 1.38. The minimum Gasteiger partial charge on any atom is -0.433 e. The summed E-state index contributed by atoms with van der Waals surface area (Å²) in [5, 5.41) is 2.56. The highest BCUT2D eigenvalue weighted by Gasteiger charge is 2.19. The van der Waals surface area contributed by atoms with E-state index < -0.39 is 12.3 Å². The van der Waals surface area contributed by atoms with E-state index in [-0.39, 0.29) is 37.0 Å². The highest BCUT2D eigenvalue weighted by atomic mass is 32.2. The molecular formula is C13H19NO7S2. The van der Waals surface area contributed by atoms with Gasteiger partial charge in [0.15, 0.2) is 6.10 Å². The standard InChI is InChI=1S/C13H19NO7S2/c1-2-11(15)14-3-5-22-13(17)23-6-4-20-12(16)21-10-7-18-9-19-8-10/h2,10H,1,3-9H2,(H,14,15). The van der Waals surface area contributed by atoms with Crippen LogP contribution in [0.15, 0.2) is 12.7 Å². The van der Waals surface area contributed by atoms with Crippen LogP contribution in [0.2, 0.25) is 0 Å². The molecule has 0 aromatic rings. The van der Waals surface area contributed by atoms with Crippen molar-refractivity contribution in [3.63, 3.8) is 0 Å². The summed E-state index contributed by atoms with van der Waals surface area (Å²) in [6.07, 6.45) is -0.104. The Kier molecular flexibility index (Phi) is 10.5. The van der Waals surface area contributed by atoms with Gasteiger partial charge in [0, 0.05) is 18.1 Å². The van der Waals surface area contributed by atoms with E-state index in [2.05, 4.69) is 11.9 Å². The Bertz CT molecular complexity index is 413. The number of nitrogens with one attached hydrogen (secondary N) is 1. The van der Waals surface area contributed by atoms with Crippen molar-refractivity contribution in [3.05, 3.63) is 12.7 Å². The molecule has 1 heterocycles. The molecule has 1 amide bonds. The number of hydrogen-bond donors (Lipinski definition) is 1. The van der Waals surface area contributed by atoms with Gasteiger partial charge in [-0.2, -0.15) is 0 Å². The molecule has 1 aliphatic rings. The van der Waals surface area contributed by atoms with Gasteiger partial charge in [0.2, 0.25) is 10.4 Å². The number of hydrogen-bond acceptors (Lipinski definition) is 9. The van der Waals surface area contributed by atoms with E-state index in [1.165, 1.54) is 6.08 Å². The minimum absolute atomic E-state index is 0.0669. The normalized spacial score (nSPS) is 14.8. The second-order valence-electron chi connectivity index (χ2n) is 4.14. The average molecular weight is 365 g/mol. The predicted molar refractivity (Wildman–Crippen MR) is 86.5 cm³/mol. The summed E-state index contributed by atoms with van der Waals surface area (Å²) in [6, 6.07) is 0. The largest absolute Gasteiger partial charge is 0.508 e. The lowest BCUT2D eigenvalue weighted by molar-refractivity contribution is -0.157. The zero-order chi connectivity index (χ0) is 16.9. The summed E-state index contributed by atoms with van der Waals surface area (Å²) in [6.45, 7) is 4.53. The second kappa shape index (κ2) is 12.2. The van der Waals surface area contributed by atoms with Gasteiger partial charge in [-0.3, -0.25) is 9.59 Å². The predicted octanol–water partition coefficient (Wildman–Crippen LogP) is 1.40. The molecule has 8 nitrogen and oxygen atoms in total. The Hall–Kier alpha value is -1.23. The van der Waals surface area contributed by atoms with Gasteiger partial charge in [0.1, 0.15) is 13.4 Å². The summed E-state index contributed by atoms with van der Waals surface area (Å²) < 4.78 is 19.6. The van der Waals surface area contributed by atoms with E-state index >= 15 is 0 Å². The molecule has 1 rings (SSSR count). The smallest absolute Gasteiger partial charge is 0.433 e. The van der Waals surface area contributed by atoms with E-state index in [9.17, 15) is 14.4 Å².